The van der Waals surface area contributed by atoms with Crippen molar-refractivity contribution in [1.82, 2.24) is 19.9 Å². The maximum absolute atomic E-state index is 15.3. The molecule has 36 heavy (non-hydrogen) atoms. The predicted molar refractivity (Wildman–Crippen MR) is 128 cm³/mol. The molecule has 12 heteroatoms. The number of carboxylic acid groups (broad SMARTS) is 1. The predicted octanol–water partition coefficient (Wildman–Crippen LogP) is 2.13. The number of aromatic nitrogens is 3. The van der Waals surface area contributed by atoms with E-state index in [0.29, 0.717) is 35.5 Å². The zero-order valence-corrected chi connectivity index (χ0v) is 21.6. The summed E-state index contributed by atoms with van der Waals surface area (Å²) < 4.78 is 22.7. The number of halogens is 2. The van der Waals surface area contributed by atoms with Crippen molar-refractivity contribution < 1.29 is 34.1 Å². The Morgan fingerprint density at radius 3 is 2.64 bits per heavy atom. The van der Waals surface area contributed by atoms with E-state index in [2.05, 4.69) is 40.5 Å². The van der Waals surface area contributed by atoms with Gasteiger partial charge in [0.15, 0.2) is 17.0 Å². The number of nitrogens with one attached hydrogen (secondary N) is 2. The molecule has 1 saturated carbocycles. The van der Waals surface area contributed by atoms with Crippen molar-refractivity contribution >= 4 is 32.7 Å². The Bertz CT molecular complexity index is 1240. The Morgan fingerprint density at radius 2 is 2.08 bits per heavy atom. The second kappa shape index (κ2) is 11.6. The number of carbonyl (C=O) groups excluding carboxylic acids is 1. The molecule has 2 aromatic heterocycles. The fourth-order valence-corrected chi connectivity index (χ4v) is 5.16. The Labute approximate surface area is 220 Å². The van der Waals surface area contributed by atoms with Crippen LogP contribution in [0.15, 0.2) is 35.8 Å². The van der Waals surface area contributed by atoms with E-state index >= 15 is 4.39 Å². The van der Waals surface area contributed by atoms with Crippen LogP contribution in [0.5, 0.6) is 5.75 Å². The van der Waals surface area contributed by atoms with Gasteiger partial charge in [0.05, 0.1) is 35.9 Å². The second-order valence-electron chi connectivity index (χ2n) is 9.06. The van der Waals surface area contributed by atoms with Crippen LogP contribution in [-0.4, -0.2) is 53.3 Å². The van der Waals surface area contributed by atoms with Gasteiger partial charge in [-0.15, -0.1) is 0 Å². The zero-order chi connectivity index (χ0) is 25.8. The largest absolute Gasteiger partial charge is 0.351 e. The maximum atomic E-state index is 15.3. The summed E-state index contributed by atoms with van der Waals surface area (Å²) in [5.41, 5.74) is -0.372. The molecule has 6 rings (SSSR count). The first-order valence-corrected chi connectivity index (χ1v) is 13.3. The maximum Gasteiger partial charge on any atom is 0.0919 e. The summed E-state index contributed by atoms with van der Waals surface area (Å²) >= 11 is 2.41. The molecule has 2 N–H and O–H groups in total. The fourth-order valence-electron chi connectivity index (χ4n) is 5.16. The van der Waals surface area contributed by atoms with Gasteiger partial charge in [0.1, 0.15) is 5.69 Å². The van der Waals surface area contributed by atoms with E-state index in [0.717, 1.165) is 44.8 Å². The molecule has 1 aliphatic carbocycles. The monoisotopic (exact) mass is 558 g/mol. The summed E-state index contributed by atoms with van der Waals surface area (Å²) in [6.45, 7) is 2.37. The molecule has 193 valence electrons. The molecule has 3 fully saturated rings. The number of fused-ring (bicyclic) bond motifs is 2. The summed E-state index contributed by atoms with van der Waals surface area (Å²) in [7, 11) is 5.92. The third-order valence-corrected chi connectivity index (χ3v) is 6.88. The molecule has 4 heterocycles. The minimum atomic E-state index is -1.55. The molecule has 0 spiro atoms. The number of piperidine rings is 1. The fraction of sp³-hybridized carbons (Fsp3) is 0.458. The van der Waals surface area contributed by atoms with Gasteiger partial charge in [0, 0.05) is 43.8 Å². The molecule has 2 unspecified atom stereocenters. The van der Waals surface area contributed by atoms with Gasteiger partial charge >= 0.3 is 25.2 Å². The van der Waals surface area contributed by atoms with Gasteiger partial charge < -0.3 is 34.4 Å². The number of carbonyl (C=O) groups is 1. The van der Waals surface area contributed by atoms with Gasteiger partial charge in [-0.1, -0.05) is 0 Å². The van der Waals surface area contributed by atoms with Gasteiger partial charge in [0.2, 0.25) is 0 Å². The van der Waals surface area contributed by atoms with Crippen molar-refractivity contribution in [2.75, 3.05) is 31.6 Å². The number of hydrogen-bond acceptors (Lipinski definition) is 7. The van der Waals surface area contributed by atoms with E-state index in [-0.39, 0.29) is 11.4 Å². The minimum Gasteiger partial charge on any atom is -0.351 e. The van der Waals surface area contributed by atoms with Crippen LogP contribution in [0.3, 0.4) is 0 Å². The number of aromatic carboxylic acids is 1. The number of benzene rings is 1. The molecular formula is C24H27ClFMnN5O4. The summed E-state index contributed by atoms with van der Waals surface area (Å²) in [6, 6.07) is 1.55. The molecule has 9 nitrogen and oxygen atoms in total. The SMILES string of the molecule is COc1c(N2CC3CCCNC3C2)c(F)cc2c(=O)c(C(=O)[O-])cn(C3CC3)c12.[Cl][Mn+].c1c[nH]cn1. The van der Waals surface area contributed by atoms with Crippen LogP contribution in [-0.2, 0) is 15.1 Å². The normalized spacial score (nSPS) is 20.6. The summed E-state index contributed by atoms with van der Waals surface area (Å²) in [4.78, 5) is 32.6. The summed E-state index contributed by atoms with van der Waals surface area (Å²) in [5.74, 6) is -1.37. The standard InChI is InChI=1S/C21H24FN3O4.C3H4N2.ClH.Mn/c1-29-20-17-13(19(26)14(21(27)28)9-25(17)12-4-5-12)7-15(22)18(20)24-8-11-3-2-6-23-16(11)10-24;1-2-5-3-4-1;;/h7,9,11-12,16,23H,2-6,8,10H2,1H3,(H,27,28);1-3H,(H,4,5);1H;/q;;;+2/p-2. The third-order valence-electron chi connectivity index (χ3n) is 6.88. The Balaban J connectivity index is 0.000000383. The van der Waals surface area contributed by atoms with Gasteiger partial charge in [0.25, 0.3) is 0 Å². The smallest absolute Gasteiger partial charge is 0.0919 e. The Hall–Kier alpha value is -2.59. The van der Waals surface area contributed by atoms with Gasteiger partial charge in [-0.3, -0.25) is 4.79 Å². The van der Waals surface area contributed by atoms with Crippen LogP contribution in [0.25, 0.3) is 10.9 Å². The zero-order valence-electron chi connectivity index (χ0n) is 19.7. The van der Waals surface area contributed by atoms with Crippen molar-refractivity contribution in [2.45, 2.75) is 37.8 Å². The molecule has 0 amide bonds. The number of rotatable bonds is 4. The quantitative estimate of drug-likeness (QED) is 0.472. The second-order valence-corrected chi connectivity index (χ2v) is 9.06. The first-order valence-electron chi connectivity index (χ1n) is 11.7. The molecule has 1 aromatic carbocycles. The number of aromatic amines is 1. The number of H-pyrrole nitrogens is 1. The third kappa shape index (κ3) is 5.25. The number of ether oxygens (including phenoxy) is 1. The number of nitrogens with zero attached hydrogens (tertiary/aromatic N) is 3. The number of pyridine rings is 1. The summed E-state index contributed by atoms with van der Waals surface area (Å²) in [5, 5.41) is 15.0. The van der Waals surface area contributed by atoms with Crippen LogP contribution < -0.4 is 25.5 Å². The van der Waals surface area contributed by atoms with Crippen LogP contribution in [0.2, 0.25) is 0 Å². The molecule has 3 aromatic rings. The van der Waals surface area contributed by atoms with E-state index < -0.39 is 22.8 Å². The van der Waals surface area contributed by atoms with Gasteiger partial charge in [-0.2, -0.15) is 0 Å². The van der Waals surface area contributed by atoms with E-state index in [1.54, 1.807) is 23.3 Å². The number of hydrogen-bond donors (Lipinski definition) is 2. The number of anilines is 1. The number of carboxylic acids is 1. The van der Waals surface area contributed by atoms with Crippen molar-refractivity contribution in [2.24, 2.45) is 5.92 Å². The summed E-state index contributed by atoms with van der Waals surface area (Å²) in [6.07, 6.45) is 10.4. The van der Waals surface area contributed by atoms with Crippen molar-refractivity contribution in [1.29, 1.82) is 0 Å². The van der Waals surface area contributed by atoms with Gasteiger partial charge in [-0.05, 0) is 44.2 Å². The first-order chi connectivity index (χ1) is 17.5. The number of methoxy groups -OCH3 is 1. The van der Waals surface area contributed by atoms with E-state index in [9.17, 15) is 14.7 Å². The molecule has 0 radical (unpaired) electrons. The van der Waals surface area contributed by atoms with Crippen LogP contribution >= 0.6 is 10.1 Å². The molecular weight excluding hydrogens is 532 g/mol. The van der Waals surface area contributed by atoms with Gasteiger partial charge in [-0.25, -0.2) is 9.37 Å². The van der Waals surface area contributed by atoms with Crippen molar-refractivity contribution in [3.63, 3.8) is 0 Å². The molecule has 0 bridgehead atoms. The van der Waals surface area contributed by atoms with E-state index in [4.69, 9.17) is 4.74 Å². The Kier molecular flexibility index (Phi) is 8.56. The van der Waals surface area contributed by atoms with Crippen molar-refractivity contribution in [3.05, 3.63) is 52.6 Å². The number of imidazole rings is 1. The van der Waals surface area contributed by atoms with E-state index in [1.165, 1.54) is 13.3 Å². The van der Waals surface area contributed by atoms with Crippen molar-refractivity contribution in [3.8, 4) is 5.75 Å². The minimum absolute atomic E-state index is 0.0199. The van der Waals surface area contributed by atoms with E-state index in [1.807, 2.05) is 4.90 Å². The molecule has 2 saturated heterocycles. The topological polar surface area (TPSA) is 115 Å². The van der Waals surface area contributed by atoms with Crippen LogP contribution in [0, 0.1) is 11.7 Å². The average Bonchev–Trinajstić information content (AvgIpc) is 3.36. The molecule has 2 aliphatic heterocycles. The molecule has 3 aliphatic rings. The van der Waals surface area contributed by atoms with Crippen LogP contribution in [0.4, 0.5) is 10.1 Å². The first kappa shape index (κ1) is 26.5. The molecule has 2 atom stereocenters. The average molecular weight is 559 g/mol. The van der Waals surface area contributed by atoms with Crippen LogP contribution in [0.1, 0.15) is 42.1 Å². The Morgan fingerprint density at radius 1 is 1.31 bits per heavy atom.